The first-order valence-corrected chi connectivity index (χ1v) is 10.7. The lowest BCUT2D eigenvalue weighted by Gasteiger charge is -2.34. The van der Waals surface area contributed by atoms with Gasteiger partial charge >= 0.3 is 6.03 Å². The molecule has 3 aromatic rings. The number of hydrogen-bond acceptors (Lipinski definition) is 7. The number of anilines is 2. The van der Waals surface area contributed by atoms with Crippen LogP contribution in [0.1, 0.15) is 6.42 Å². The van der Waals surface area contributed by atoms with E-state index in [0.29, 0.717) is 23.9 Å². The van der Waals surface area contributed by atoms with Crippen LogP contribution in [0.5, 0.6) is 11.6 Å². The third kappa shape index (κ3) is 6.14. The average molecular weight is 434 g/mol. The van der Waals surface area contributed by atoms with E-state index >= 15 is 0 Å². The van der Waals surface area contributed by atoms with Crippen LogP contribution < -0.4 is 20.3 Å². The summed E-state index contributed by atoms with van der Waals surface area (Å²) in [6.07, 6.45) is 6.04. The summed E-state index contributed by atoms with van der Waals surface area (Å²) in [4.78, 5) is 29.8. The van der Waals surface area contributed by atoms with Crippen LogP contribution in [0.3, 0.4) is 0 Å². The number of hydrogen-bond donors (Lipinski definition) is 2. The molecule has 0 radical (unpaired) electrons. The van der Waals surface area contributed by atoms with Crippen LogP contribution in [0.25, 0.3) is 0 Å². The number of nitrogens with one attached hydrogen (secondary N) is 2. The van der Waals surface area contributed by atoms with Crippen LogP contribution >= 0.6 is 0 Å². The van der Waals surface area contributed by atoms with Crippen molar-refractivity contribution in [2.24, 2.45) is 0 Å². The van der Waals surface area contributed by atoms with E-state index in [1.165, 1.54) is 0 Å². The monoisotopic (exact) mass is 433 g/mol. The third-order valence-corrected chi connectivity index (χ3v) is 5.12. The highest BCUT2D eigenvalue weighted by Gasteiger charge is 2.18. The normalized spacial score (nSPS) is 14.1. The van der Waals surface area contributed by atoms with E-state index in [1.807, 2.05) is 36.4 Å². The highest BCUT2D eigenvalue weighted by molar-refractivity contribution is 5.90. The zero-order chi connectivity index (χ0) is 22.0. The standard InChI is InChI=1S/C23H27N7O2/c31-23(28-20-9-4-10-24-21(20)32-19-7-2-1-3-8-19)27-13-6-14-29-15-17-30(18-16-29)22-25-11-5-12-26-22/h1-5,7-12H,6,13-18H2,(H2,27,28,31). The summed E-state index contributed by atoms with van der Waals surface area (Å²) in [6.45, 7) is 5.24. The minimum absolute atomic E-state index is 0.276. The zero-order valence-electron chi connectivity index (χ0n) is 17.9. The molecule has 9 heteroatoms. The molecule has 0 saturated carbocycles. The molecule has 166 valence electrons. The highest BCUT2D eigenvalue weighted by Crippen LogP contribution is 2.26. The number of ether oxygens (including phenoxy) is 1. The summed E-state index contributed by atoms with van der Waals surface area (Å²) in [5, 5.41) is 5.73. The topological polar surface area (TPSA) is 95.5 Å². The fraction of sp³-hybridized carbons (Fsp3) is 0.304. The number of benzene rings is 1. The Labute approximate surface area is 187 Å². The first-order chi connectivity index (χ1) is 15.8. The summed E-state index contributed by atoms with van der Waals surface area (Å²) in [5.41, 5.74) is 0.521. The number of pyridine rings is 1. The second-order valence-corrected chi connectivity index (χ2v) is 7.38. The van der Waals surface area contributed by atoms with Gasteiger partial charge in [-0.15, -0.1) is 0 Å². The van der Waals surface area contributed by atoms with Gasteiger partial charge in [-0.05, 0) is 43.3 Å². The lowest BCUT2D eigenvalue weighted by Crippen LogP contribution is -2.47. The molecular weight excluding hydrogens is 406 g/mol. The molecule has 32 heavy (non-hydrogen) atoms. The van der Waals surface area contributed by atoms with E-state index in [4.69, 9.17) is 4.74 Å². The van der Waals surface area contributed by atoms with Crippen molar-refractivity contribution in [3.05, 3.63) is 67.1 Å². The summed E-state index contributed by atoms with van der Waals surface area (Å²) in [7, 11) is 0. The molecule has 1 aromatic carbocycles. The summed E-state index contributed by atoms with van der Waals surface area (Å²) < 4.78 is 5.78. The quantitative estimate of drug-likeness (QED) is 0.527. The summed E-state index contributed by atoms with van der Waals surface area (Å²) >= 11 is 0. The van der Waals surface area contributed by atoms with Crippen LogP contribution in [0.15, 0.2) is 67.1 Å². The van der Waals surface area contributed by atoms with Gasteiger partial charge in [0.05, 0.1) is 0 Å². The number of carbonyl (C=O) groups excluding carboxylic acids is 1. The number of carbonyl (C=O) groups is 1. The molecule has 2 aromatic heterocycles. The van der Waals surface area contributed by atoms with Gasteiger partial charge in [0.15, 0.2) is 0 Å². The number of rotatable bonds is 8. The molecule has 4 rings (SSSR count). The molecule has 0 aliphatic carbocycles. The van der Waals surface area contributed by atoms with Crippen molar-refractivity contribution in [2.45, 2.75) is 6.42 Å². The van der Waals surface area contributed by atoms with Crippen LogP contribution in [0, 0.1) is 0 Å². The predicted octanol–water partition coefficient (Wildman–Crippen LogP) is 3.00. The molecule has 1 aliphatic heterocycles. The minimum Gasteiger partial charge on any atom is -0.437 e. The van der Waals surface area contributed by atoms with E-state index in [1.54, 1.807) is 30.7 Å². The van der Waals surface area contributed by atoms with Gasteiger partial charge in [0.1, 0.15) is 11.4 Å². The van der Waals surface area contributed by atoms with Crippen molar-refractivity contribution in [1.29, 1.82) is 0 Å². The van der Waals surface area contributed by atoms with Crippen molar-refractivity contribution < 1.29 is 9.53 Å². The molecule has 0 bridgehead atoms. The molecule has 2 amide bonds. The van der Waals surface area contributed by atoms with Crippen molar-refractivity contribution in [2.75, 3.05) is 49.5 Å². The Bertz CT molecular complexity index is 980. The fourth-order valence-electron chi connectivity index (χ4n) is 3.46. The van der Waals surface area contributed by atoms with Gasteiger partial charge in [-0.2, -0.15) is 0 Å². The number of nitrogens with zero attached hydrogens (tertiary/aromatic N) is 5. The molecule has 1 fully saturated rings. The predicted molar refractivity (Wildman–Crippen MR) is 123 cm³/mol. The van der Waals surface area contributed by atoms with Gasteiger partial charge in [0.2, 0.25) is 11.8 Å². The van der Waals surface area contributed by atoms with Gasteiger partial charge in [-0.25, -0.2) is 19.7 Å². The van der Waals surface area contributed by atoms with E-state index in [2.05, 4.69) is 35.4 Å². The van der Waals surface area contributed by atoms with Gasteiger partial charge in [-0.1, -0.05) is 18.2 Å². The Morgan fingerprint density at radius 2 is 1.66 bits per heavy atom. The lowest BCUT2D eigenvalue weighted by molar-refractivity contribution is 0.243. The summed E-state index contributed by atoms with van der Waals surface area (Å²) in [5.74, 6) is 1.80. The number of aromatic nitrogens is 3. The Hall–Kier alpha value is -3.72. The number of piperazine rings is 1. The summed E-state index contributed by atoms with van der Waals surface area (Å²) in [6, 6.07) is 14.4. The average Bonchev–Trinajstić information content (AvgIpc) is 2.85. The molecule has 2 N–H and O–H groups in total. The first-order valence-electron chi connectivity index (χ1n) is 10.7. The SMILES string of the molecule is O=C(NCCCN1CCN(c2ncccn2)CC1)Nc1cccnc1Oc1ccccc1. The largest absolute Gasteiger partial charge is 0.437 e. The maximum Gasteiger partial charge on any atom is 0.319 e. The Morgan fingerprint density at radius 3 is 2.44 bits per heavy atom. The Morgan fingerprint density at radius 1 is 0.906 bits per heavy atom. The number of urea groups is 1. The smallest absolute Gasteiger partial charge is 0.319 e. The van der Waals surface area contributed by atoms with Crippen molar-refractivity contribution in [3.63, 3.8) is 0 Å². The lowest BCUT2D eigenvalue weighted by atomic mass is 10.3. The third-order valence-electron chi connectivity index (χ3n) is 5.12. The molecule has 3 heterocycles. The Kier molecular flexibility index (Phi) is 7.43. The first kappa shape index (κ1) is 21.5. The van der Waals surface area contributed by atoms with E-state index < -0.39 is 0 Å². The Balaban J connectivity index is 1.17. The second kappa shape index (κ2) is 11.1. The van der Waals surface area contributed by atoms with Gasteiger partial charge in [-0.3, -0.25) is 4.90 Å². The maximum atomic E-state index is 12.3. The minimum atomic E-state index is -0.276. The van der Waals surface area contributed by atoms with Crippen LogP contribution in [0.4, 0.5) is 16.4 Å². The molecule has 0 spiro atoms. The molecule has 9 nitrogen and oxygen atoms in total. The van der Waals surface area contributed by atoms with Crippen molar-refractivity contribution in [3.8, 4) is 11.6 Å². The fourth-order valence-corrected chi connectivity index (χ4v) is 3.46. The van der Waals surface area contributed by atoms with Gasteiger partial charge < -0.3 is 20.3 Å². The van der Waals surface area contributed by atoms with E-state index in [-0.39, 0.29) is 6.03 Å². The highest BCUT2D eigenvalue weighted by atomic mass is 16.5. The zero-order valence-corrected chi connectivity index (χ0v) is 17.9. The number of para-hydroxylation sites is 1. The van der Waals surface area contributed by atoms with Crippen LogP contribution in [0.2, 0.25) is 0 Å². The second-order valence-electron chi connectivity index (χ2n) is 7.38. The number of amides is 2. The molecule has 1 aliphatic rings. The molecule has 0 atom stereocenters. The molecule has 1 saturated heterocycles. The van der Waals surface area contributed by atoms with Gasteiger partial charge in [0.25, 0.3) is 0 Å². The molecule has 0 unspecified atom stereocenters. The maximum absolute atomic E-state index is 12.3. The van der Waals surface area contributed by atoms with Crippen LogP contribution in [-0.2, 0) is 0 Å². The van der Waals surface area contributed by atoms with Gasteiger partial charge in [0, 0.05) is 51.3 Å². The van der Waals surface area contributed by atoms with Crippen molar-refractivity contribution in [1.82, 2.24) is 25.2 Å². The molecular formula is C23H27N7O2. The van der Waals surface area contributed by atoms with E-state index in [9.17, 15) is 4.79 Å². The van der Waals surface area contributed by atoms with Crippen LogP contribution in [-0.4, -0.2) is 65.2 Å². The van der Waals surface area contributed by atoms with Crippen molar-refractivity contribution >= 4 is 17.7 Å². The van der Waals surface area contributed by atoms with E-state index in [0.717, 1.165) is 45.1 Å².